The van der Waals surface area contributed by atoms with Gasteiger partial charge in [0.1, 0.15) is 5.60 Å². The molecule has 0 unspecified atom stereocenters. The molecule has 142 valence electrons. The Labute approximate surface area is 147 Å². The first kappa shape index (κ1) is 22.5. The molecule has 0 aromatic heterocycles. The molecule has 7 nitrogen and oxygen atoms in total. The molecular weight excluding hydrogens is 308 g/mol. The molecule has 0 saturated heterocycles. The van der Waals surface area contributed by atoms with E-state index in [2.05, 4.69) is 15.6 Å². The molecule has 0 saturated carbocycles. The van der Waals surface area contributed by atoms with Gasteiger partial charge >= 0.3 is 6.09 Å². The molecule has 24 heavy (non-hydrogen) atoms. The number of rotatable bonds is 9. The van der Waals surface area contributed by atoms with Crippen molar-refractivity contribution >= 4 is 12.1 Å². The van der Waals surface area contributed by atoms with Gasteiger partial charge in [-0.05, 0) is 48.0 Å². The topological polar surface area (TPSA) is 75.2 Å². The number of nitrogens with one attached hydrogen (secondary N) is 2. The number of nitrogens with zero attached hydrogens (tertiary/aromatic N) is 2. The van der Waals surface area contributed by atoms with Crippen LogP contribution in [0.4, 0.5) is 4.79 Å². The van der Waals surface area contributed by atoms with Gasteiger partial charge in [0, 0.05) is 39.3 Å². The summed E-state index contributed by atoms with van der Waals surface area (Å²) in [7, 11) is 1.73. The highest BCUT2D eigenvalue weighted by Gasteiger charge is 2.23. The molecule has 1 amide bonds. The minimum Gasteiger partial charge on any atom is -0.444 e. The highest BCUT2D eigenvalue weighted by atomic mass is 16.6. The summed E-state index contributed by atoms with van der Waals surface area (Å²) in [5, 5.41) is 6.41. The second-order valence-corrected chi connectivity index (χ2v) is 6.74. The van der Waals surface area contributed by atoms with Crippen LogP contribution in [0.3, 0.4) is 0 Å². The Bertz CT molecular complexity index is 379. The van der Waals surface area contributed by atoms with Crippen LogP contribution in [0.25, 0.3) is 0 Å². The fourth-order valence-electron chi connectivity index (χ4n) is 1.94. The number of amides is 1. The summed E-state index contributed by atoms with van der Waals surface area (Å²) in [5.74, 6) is 0.739. The number of hydrogen-bond acceptors (Lipinski definition) is 4. The molecule has 0 fully saturated rings. The lowest BCUT2D eigenvalue weighted by molar-refractivity contribution is 0.0190. The van der Waals surface area contributed by atoms with Gasteiger partial charge in [0.05, 0.1) is 6.61 Å². The summed E-state index contributed by atoms with van der Waals surface area (Å²) in [5.41, 5.74) is -0.477. The minimum atomic E-state index is -0.477. The normalized spacial score (nSPS) is 12.2. The second-order valence-electron chi connectivity index (χ2n) is 6.74. The predicted octanol–water partition coefficient (Wildman–Crippen LogP) is 2.22. The van der Waals surface area contributed by atoms with Crippen LogP contribution < -0.4 is 10.6 Å². The number of carbonyl (C=O) groups excluding carboxylic acids is 1. The Hall–Kier alpha value is -1.50. The molecule has 0 heterocycles. The minimum absolute atomic E-state index is 0.100. The molecule has 0 bridgehead atoms. The monoisotopic (exact) mass is 344 g/mol. The van der Waals surface area contributed by atoms with E-state index in [0.717, 1.165) is 18.9 Å². The standard InChI is InChI=1S/C17H36N4O3/c1-8-23-13-11-20-15(18-7)19-10-9-12-21(14(2)3)16(22)24-17(4,5)6/h14H,8-13H2,1-7H3,(H2,18,19,20). The van der Waals surface area contributed by atoms with E-state index in [1.165, 1.54) is 0 Å². The zero-order valence-corrected chi connectivity index (χ0v) is 16.4. The number of hydrogen-bond donors (Lipinski definition) is 2. The maximum Gasteiger partial charge on any atom is 0.410 e. The largest absolute Gasteiger partial charge is 0.444 e. The molecule has 0 rings (SSSR count). The smallest absolute Gasteiger partial charge is 0.410 e. The van der Waals surface area contributed by atoms with Crippen LogP contribution in [0.2, 0.25) is 0 Å². The second kappa shape index (κ2) is 11.9. The molecule has 0 radical (unpaired) electrons. The summed E-state index contributed by atoms with van der Waals surface area (Å²) in [6.07, 6.45) is 0.542. The third-order valence-corrected chi connectivity index (χ3v) is 3.09. The first-order chi connectivity index (χ1) is 11.2. The lowest BCUT2D eigenvalue weighted by Gasteiger charge is -2.30. The van der Waals surface area contributed by atoms with Gasteiger partial charge in [-0.3, -0.25) is 4.99 Å². The average Bonchev–Trinajstić information content (AvgIpc) is 2.46. The van der Waals surface area contributed by atoms with Crippen LogP contribution in [-0.4, -0.2) is 68.5 Å². The molecule has 0 aliphatic rings. The van der Waals surface area contributed by atoms with Crippen LogP contribution in [0, 0.1) is 0 Å². The van der Waals surface area contributed by atoms with Crippen molar-refractivity contribution in [1.82, 2.24) is 15.5 Å². The van der Waals surface area contributed by atoms with Crippen molar-refractivity contribution in [1.29, 1.82) is 0 Å². The molecule has 0 aromatic rings. The van der Waals surface area contributed by atoms with Crippen molar-refractivity contribution in [2.45, 2.75) is 59.6 Å². The van der Waals surface area contributed by atoms with Gasteiger partial charge in [0.2, 0.25) is 0 Å². The third kappa shape index (κ3) is 11.1. The zero-order chi connectivity index (χ0) is 18.6. The van der Waals surface area contributed by atoms with Crippen molar-refractivity contribution in [3.63, 3.8) is 0 Å². The summed E-state index contributed by atoms with van der Waals surface area (Å²) >= 11 is 0. The third-order valence-electron chi connectivity index (χ3n) is 3.09. The van der Waals surface area contributed by atoms with Gasteiger partial charge in [-0.15, -0.1) is 0 Å². The van der Waals surface area contributed by atoms with E-state index in [4.69, 9.17) is 9.47 Å². The van der Waals surface area contributed by atoms with Gasteiger partial charge in [-0.1, -0.05) is 0 Å². The number of carbonyl (C=O) groups is 1. The summed E-state index contributed by atoms with van der Waals surface area (Å²) in [4.78, 5) is 18.1. The maximum absolute atomic E-state index is 12.2. The van der Waals surface area contributed by atoms with Gasteiger partial charge in [-0.25, -0.2) is 4.79 Å². The fraction of sp³-hybridized carbons (Fsp3) is 0.882. The molecule has 0 aliphatic heterocycles. The molecule has 0 atom stereocenters. The van der Waals surface area contributed by atoms with Crippen LogP contribution in [0.5, 0.6) is 0 Å². The summed E-state index contributed by atoms with van der Waals surface area (Å²) in [6.45, 7) is 15.0. The molecule has 0 spiro atoms. The molecule has 0 aliphatic carbocycles. The predicted molar refractivity (Wildman–Crippen MR) is 98.6 cm³/mol. The first-order valence-electron chi connectivity index (χ1n) is 8.73. The van der Waals surface area contributed by atoms with Crippen molar-refractivity contribution < 1.29 is 14.3 Å². The maximum atomic E-state index is 12.2. The van der Waals surface area contributed by atoms with E-state index >= 15 is 0 Å². The number of ether oxygens (including phenoxy) is 2. The highest BCUT2D eigenvalue weighted by Crippen LogP contribution is 2.12. The van der Waals surface area contributed by atoms with Crippen LogP contribution in [0.15, 0.2) is 4.99 Å². The zero-order valence-electron chi connectivity index (χ0n) is 16.4. The molecule has 2 N–H and O–H groups in total. The molecule has 7 heteroatoms. The van der Waals surface area contributed by atoms with Crippen LogP contribution in [0.1, 0.15) is 48.0 Å². The van der Waals surface area contributed by atoms with Gasteiger partial charge in [-0.2, -0.15) is 0 Å². The van der Waals surface area contributed by atoms with Crippen molar-refractivity contribution in [2.75, 3.05) is 39.9 Å². The van der Waals surface area contributed by atoms with E-state index in [1.807, 2.05) is 41.5 Å². The average molecular weight is 345 g/mol. The summed E-state index contributed by atoms with van der Waals surface area (Å²) < 4.78 is 10.7. The highest BCUT2D eigenvalue weighted by molar-refractivity contribution is 5.79. The Balaban J connectivity index is 4.17. The first-order valence-corrected chi connectivity index (χ1v) is 8.73. The molecule has 0 aromatic carbocycles. The van der Waals surface area contributed by atoms with Crippen molar-refractivity contribution in [3.05, 3.63) is 0 Å². The number of guanidine groups is 1. The quantitative estimate of drug-likeness (QED) is 0.381. The molecular formula is C17H36N4O3. The van der Waals surface area contributed by atoms with Crippen LogP contribution in [-0.2, 0) is 9.47 Å². The van der Waals surface area contributed by atoms with Gasteiger partial charge in [0.15, 0.2) is 5.96 Å². The lowest BCUT2D eigenvalue weighted by Crippen LogP contribution is -2.43. The lowest BCUT2D eigenvalue weighted by atomic mass is 10.2. The Morgan fingerprint density at radius 2 is 1.83 bits per heavy atom. The van der Waals surface area contributed by atoms with Crippen molar-refractivity contribution in [2.24, 2.45) is 4.99 Å². The Kier molecular flexibility index (Phi) is 11.2. The van der Waals surface area contributed by atoms with Crippen LogP contribution >= 0.6 is 0 Å². The fourth-order valence-corrected chi connectivity index (χ4v) is 1.94. The van der Waals surface area contributed by atoms with Gasteiger partial charge in [0.25, 0.3) is 0 Å². The SMILES string of the molecule is CCOCCNC(=NC)NCCCN(C(=O)OC(C)(C)C)C(C)C. The van der Waals surface area contributed by atoms with Crippen molar-refractivity contribution in [3.8, 4) is 0 Å². The van der Waals surface area contributed by atoms with Gasteiger partial charge < -0.3 is 25.0 Å². The van der Waals surface area contributed by atoms with E-state index in [-0.39, 0.29) is 12.1 Å². The number of aliphatic imine (C=N–C) groups is 1. The van der Waals surface area contributed by atoms with E-state index in [0.29, 0.717) is 26.3 Å². The van der Waals surface area contributed by atoms with E-state index in [9.17, 15) is 4.79 Å². The Morgan fingerprint density at radius 3 is 2.33 bits per heavy atom. The van der Waals surface area contributed by atoms with E-state index < -0.39 is 5.60 Å². The van der Waals surface area contributed by atoms with E-state index in [1.54, 1.807) is 11.9 Å². The Morgan fingerprint density at radius 1 is 1.21 bits per heavy atom. The summed E-state index contributed by atoms with van der Waals surface area (Å²) in [6, 6.07) is 0.100.